The lowest BCUT2D eigenvalue weighted by atomic mass is 9.95. The third-order valence-corrected chi connectivity index (χ3v) is 6.72. The summed E-state index contributed by atoms with van der Waals surface area (Å²) >= 11 is 6.07. The summed E-state index contributed by atoms with van der Waals surface area (Å²) in [7, 11) is 1.65. The van der Waals surface area contributed by atoms with Crippen LogP contribution in [0.4, 0.5) is 10.2 Å². The Hall–Kier alpha value is -3.65. The Morgan fingerprint density at radius 3 is 2.80 bits per heavy atom. The number of hydrogen-bond donors (Lipinski definition) is 1. The molecule has 1 amide bonds. The van der Waals surface area contributed by atoms with Gasteiger partial charge in [-0.15, -0.1) is 0 Å². The highest BCUT2D eigenvalue weighted by Gasteiger charge is 2.27. The van der Waals surface area contributed by atoms with Gasteiger partial charge in [0.2, 0.25) is 5.91 Å². The second-order valence-electron chi connectivity index (χ2n) is 8.56. The molecule has 3 heterocycles. The summed E-state index contributed by atoms with van der Waals surface area (Å²) < 4.78 is 20.4. The van der Waals surface area contributed by atoms with Crippen LogP contribution >= 0.6 is 11.6 Å². The second-order valence-corrected chi connectivity index (χ2v) is 8.96. The third-order valence-electron chi connectivity index (χ3n) is 6.37. The van der Waals surface area contributed by atoms with Crippen LogP contribution in [0, 0.1) is 11.7 Å². The van der Waals surface area contributed by atoms with Crippen LogP contribution in [0.25, 0.3) is 16.8 Å². The van der Waals surface area contributed by atoms with Gasteiger partial charge < -0.3 is 15.0 Å². The first-order valence-corrected chi connectivity index (χ1v) is 11.8. The van der Waals surface area contributed by atoms with E-state index in [1.807, 2.05) is 41.0 Å². The van der Waals surface area contributed by atoms with Gasteiger partial charge in [-0.25, -0.2) is 13.9 Å². The van der Waals surface area contributed by atoms with Gasteiger partial charge in [0.1, 0.15) is 17.1 Å². The standard InChI is InChI=1S/C26H25ClFN5O2/c1-35-21-4-2-3-18(13-21)23-15-24-25(29-9-12-33(24)31-23)32-10-7-17(8-11-32)26(34)30-16-19-5-6-20(28)14-22(19)27/h2-6,9,12-15,17H,7-8,10-11,16H2,1H3,(H,30,34). The van der Waals surface area contributed by atoms with Crippen LogP contribution in [0.5, 0.6) is 5.75 Å². The van der Waals surface area contributed by atoms with Crippen molar-refractivity contribution in [1.29, 1.82) is 0 Å². The number of anilines is 1. The molecule has 1 aliphatic heterocycles. The molecule has 1 aliphatic rings. The molecule has 5 rings (SSSR count). The maximum atomic E-state index is 13.2. The molecular weight excluding hydrogens is 469 g/mol. The zero-order valence-corrected chi connectivity index (χ0v) is 20.0. The fraction of sp³-hybridized carbons (Fsp3) is 0.269. The minimum Gasteiger partial charge on any atom is -0.497 e. The molecule has 35 heavy (non-hydrogen) atoms. The molecule has 0 spiro atoms. The zero-order chi connectivity index (χ0) is 24.4. The van der Waals surface area contributed by atoms with Crippen LogP contribution in [0.3, 0.4) is 0 Å². The van der Waals surface area contributed by atoms with Gasteiger partial charge in [-0.1, -0.05) is 29.8 Å². The second kappa shape index (κ2) is 9.92. The first-order chi connectivity index (χ1) is 17.0. The number of benzene rings is 2. The summed E-state index contributed by atoms with van der Waals surface area (Å²) in [6, 6.07) is 14.0. The average Bonchev–Trinajstić information content (AvgIpc) is 3.33. The van der Waals surface area contributed by atoms with Gasteiger partial charge in [0.25, 0.3) is 0 Å². The molecule has 2 aromatic heterocycles. The van der Waals surface area contributed by atoms with Crippen LogP contribution in [-0.4, -0.2) is 40.7 Å². The van der Waals surface area contributed by atoms with E-state index in [0.29, 0.717) is 36.5 Å². The first-order valence-electron chi connectivity index (χ1n) is 11.5. The van der Waals surface area contributed by atoms with E-state index in [0.717, 1.165) is 28.3 Å². The zero-order valence-electron chi connectivity index (χ0n) is 19.2. The number of aromatic nitrogens is 3. The molecule has 0 unspecified atom stereocenters. The van der Waals surface area contributed by atoms with Gasteiger partial charge in [0.15, 0.2) is 5.82 Å². The van der Waals surface area contributed by atoms with Crippen molar-refractivity contribution in [2.75, 3.05) is 25.1 Å². The summed E-state index contributed by atoms with van der Waals surface area (Å²) in [5, 5.41) is 7.97. The monoisotopic (exact) mass is 493 g/mol. The predicted molar refractivity (Wildman–Crippen MR) is 133 cm³/mol. The highest BCUT2D eigenvalue weighted by atomic mass is 35.5. The fourth-order valence-corrected chi connectivity index (χ4v) is 4.65. The fourth-order valence-electron chi connectivity index (χ4n) is 4.42. The summed E-state index contributed by atoms with van der Waals surface area (Å²) in [5.74, 6) is 1.13. The van der Waals surface area contributed by atoms with Crippen LogP contribution in [-0.2, 0) is 11.3 Å². The molecule has 0 radical (unpaired) electrons. The van der Waals surface area contributed by atoms with Gasteiger partial charge in [0, 0.05) is 48.5 Å². The van der Waals surface area contributed by atoms with E-state index in [2.05, 4.69) is 15.2 Å². The number of rotatable bonds is 6. The molecule has 1 fully saturated rings. The van der Waals surface area contributed by atoms with E-state index in [9.17, 15) is 9.18 Å². The number of piperidine rings is 1. The van der Waals surface area contributed by atoms with E-state index < -0.39 is 5.82 Å². The van der Waals surface area contributed by atoms with Crippen LogP contribution in [0.15, 0.2) is 60.9 Å². The Bertz CT molecular complexity index is 1370. The number of ether oxygens (including phenoxy) is 1. The number of carbonyl (C=O) groups excluding carboxylic acids is 1. The van der Waals surface area contributed by atoms with Gasteiger partial charge in [-0.2, -0.15) is 5.10 Å². The van der Waals surface area contributed by atoms with E-state index >= 15 is 0 Å². The van der Waals surface area contributed by atoms with Crippen LogP contribution in [0.2, 0.25) is 5.02 Å². The van der Waals surface area contributed by atoms with E-state index in [1.165, 1.54) is 12.1 Å². The molecule has 0 atom stereocenters. The topological polar surface area (TPSA) is 71.8 Å². The molecule has 0 aliphatic carbocycles. The predicted octanol–water partition coefficient (Wildman–Crippen LogP) is 4.73. The minimum absolute atomic E-state index is 0.0131. The van der Waals surface area contributed by atoms with Crippen LogP contribution < -0.4 is 15.0 Å². The van der Waals surface area contributed by atoms with Gasteiger partial charge in [-0.3, -0.25) is 4.79 Å². The van der Waals surface area contributed by atoms with Crippen molar-refractivity contribution in [3.05, 3.63) is 77.3 Å². The number of carbonyl (C=O) groups is 1. The summed E-state index contributed by atoms with van der Waals surface area (Å²) in [6.07, 6.45) is 5.00. The molecule has 0 saturated carbocycles. The lowest BCUT2D eigenvalue weighted by Gasteiger charge is -2.32. The van der Waals surface area contributed by atoms with Crippen molar-refractivity contribution < 1.29 is 13.9 Å². The van der Waals surface area contributed by atoms with Crippen molar-refractivity contribution in [2.24, 2.45) is 5.92 Å². The number of nitrogens with one attached hydrogen (secondary N) is 1. The quantitative estimate of drug-likeness (QED) is 0.420. The van der Waals surface area contributed by atoms with E-state index in [1.54, 1.807) is 19.4 Å². The number of methoxy groups -OCH3 is 1. The minimum atomic E-state index is -0.394. The number of hydrogen-bond acceptors (Lipinski definition) is 5. The Morgan fingerprint density at radius 1 is 1.20 bits per heavy atom. The lowest BCUT2D eigenvalue weighted by Crippen LogP contribution is -2.40. The van der Waals surface area contributed by atoms with Gasteiger partial charge in [-0.05, 0) is 48.7 Å². The normalized spacial score (nSPS) is 14.3. The molecule has 7 nitrogen and oxygen atoms in total. The Labute approximate surface area is 207 Å². The molecule has 0 bridgehead atoms. The molecule has 2 aromatic carbocycles. The Balaban J connectivity index is 1.25. The van der Waals surface area contributed by atoms with Crippen molar-refractivity contribution in [3.8, 4) is 17.0 Å². The average molecular weight is 494 g/mol. The highest BCUT2D eigenvalue weighted by molar-refractivity contribution is 6.31. The lowest BCUT2D eigenvalue weighted by molar-refractivity contribution is -0.125. The number of amides is 1. The third kappa shape index (κ3) is 4.93. The van der Waals surface area contributed by atoms with Gasteiger partial charge >= 0.3 is 0 Å². The van der Waals surface area contributed by atoms with Crippen molar-refractivity contribution in [2.45, 2.75) is 19.4 Å². The summed E-state index contributed by atoms with van der Waals surface area (Å²) in [4.78, 5) is 19.6. The molecule has 180 valence electrons. The number of nitrogens with zero attached hydrogens (tertiary/aromatic N) is 4. The van der Waals surface area contributed by atoms with Crippen molar-refractivity contribution in [1.82, 2.24) is 19.9 Å². The first kappa shape index (κ1) is 23.1. The van der Waals surface area contributed by atoms with E-state index in [4.69, 9.17) is 21.4 Å². The van der Waals surface area contributed by atoms with E-state index in [-0.39, 0.29) is 18.4 Å². The largest absolute Gasteiger partial charge is 0.497 e. The highest BCUT2D eigenvalue weighted by Crippen LogP contribution is 2.29. The SMILES string of the molecule is COc1cccc(-c2cc3c(N4CCC(C(=O)NCc5ccc(F)cc5Cl)CC4)nccn3n2)c1. The summed E-state index contributed by atoms with van der Waals surface area (Å²) in [5.41, 5.74) is 3.42. The Morgan fingerprint density at radius 2 is 2.03 bits per heavy atom. The number of fused-ring (bicyclic) bond motifs is 1. The van der Waals surface area contributed by atoms with Gasteiger partial charge in [0.05, 0.1) is 12.8 Å². The molecular formula is C26H25ClFN5O2. The summed E-state index contributed by atoms with van der Waals surface area (Å²) in [6.45, 7) is 1.70. The van der Waals surface area contributed by atoms with Crippen molar-refractivity contribution in [3.63, 3.8) is 0 Å². The smallest absolute Gasteiger partial charge is 0.223 e. The number of halogens is 2. The molecule has 1 saturated heterocycles. The van der Waals surface area contributed by atoms with Crippen LogP contribution in [0.1, 0.15) is 18.4 Å². The molecule has 1 N–H and O–H groups in total. The molecule has 4 aromatic rings. The maximum absolute atomic E-state index is 13.2. The maximum Gasteiger partial charge on any atom is 0.223 e. The van der Waals surface area contributed by atoms with Crippen molar-refractivity contribution >= 4 is 28.8 Å². The molecule has 9 heteroatoms. The Kier molecular flexibility index (Phi) is 6.55.